The standard InChI is InChI=1S/C16H21N5S/c1-4-21(5-2)8-9-22-16-18-15-14(19-20-16)12-10-11(3)6-7-13(12)17-15/h6-7,10H,4-5,8-9H2,1-3H3,(H,17,18,20)/p+1. The van der Waals surface area contributed by atoms with Gasteiger partial charge in [-0.05, 0) is 32.9 Å². The molecule has 22 heavy (non-hydrogen) atoms. The predicted octanol–water partition coefficient (Wildman–Crippen LogP) is 1.83. The van der Waals surface area contributed by atoms with Gasteiger partial charge < -0.3 is 9.88 Å². The quantitative estimate of drug-likeness (QED) is 0.681. The van der Waals surface area contributed by atoms with Gasteiger partial charge in [0.15, 0.2) is 5.65 Å². The van der Waals surface area contributed by atoms with Crippen LogP contribution in [-0.4, -0.2) is 45.6 Å². The van der Waals surface area contributed by atoms with Crippen LogP contribution in [-0.2, 0) is 0 Å². The maximum absolute atomic E-state index is 4.62. The lowest BCUT2D eigenvalue weighted by Crippen LogP contribution is -3.11. The molecule has 0 amide bonds. The van der Waals surface area contributed by atoms with Gasteiger partial charge in [-0.2, -0.15) is 0 Å². The third-order valence-electron chi connectivity index (χ3n) is 4.04. The van der Waals surface area contributed by atoms with E-state index in [4.69, 9.17) is 0 Å². The molecule has 5 nitrogen and oxygen atoms in total. The molecule has 2 heterocycles. The molecule has 0 saturated heterocycles. The number of nitrogens with zero attached hydrogens (tertiary/aromatic N) is 3. The van der Waals surface area contributed by atoms with Gasteiger partial charge in [0.05, 0.1) is 25.4 Å². The lowest BCUT2D eigenvalue weighted by molar-refractivity contribution is -0.893. The number of H-pyrrole nitrogens is 1. The van der Waals surface area contributed by atoms with Crippen LogP contribution < -0.4 is 4.90 Å². The molecule has 2 N–H and O–H groups in total. The smallest absolute Gasteiger partial charge is 0.211 e. The minimum atomic E-state index is 0.752. The van der Waals surface area contributed by atoms with Gasteiger partial charge in [0.1, 0.15) is 5.52 Å². The van der Waals surface area contributed by atoms with Crippen LogP contribution >= 0.6 is 11.8 Å². The van der Waals surface area contributed by atoms with Gasteiger partial charge in [-0.3, -0.25) is 0 Å². The molecular weight excluding hydrogens is 294 g/mol. The summed E-state index contributed by atoms with van der Waals surface area (Å²) in [5.41, 5.74) is 3.97. The largest absolute Gasteiger partial charge is 0.338 e. The maximum Gasteiger partial charge on any atom is 0.211 e. The Balaban J connectivity index is 1.80. The Morgan fingerprint density at radius 3 is 2.77 bits per heavy atom. The van der Waals surface area contributed by atoms with Crippen LogP contribution in [0.25, 0.3) is 22.1 Å². The highest BCUT2D eigenvalue weighted by molar-refractivity contribution is 7.99. The Morgan fingerprint density at radius 1 is 1.18 bits per heavy atom. The minimum Gasteiger partial charge on any atom is -0.338 e. The SMILES string of the molecule is CC[NH+](CC)CCSc1nnc2c(n1)[nH]c1ccc(C)cc12. The molecule has 3 rings (SSSR count). The average molecular weight is 316 g/mol. The summed E-state index contributed by atoms with van der Waals surface area (Å²) in [6, 6.07) is 6.29. The fourth-order valence-corrected chi connectivity index (χ4v) is 3.45. The van der Waals surface area contributed by atoms with E-state index in [2.05, 4.69) is 59.1 Å². The van der Waals surface area contributed by atoms with Gasteiger partial charge in [-0.15, -0.1) is 10.2 Å². The zero-order valence-electron chi connectivity index (χ0n) is 13.3. The molecule has 0 fully saturated rings. The highest BCUT2D eigenvalue weighted by Crippen LogP contribution is 2.24. The van der Waals surface area contributed by atoms with E-state index >= 15 is 0 Å². The van der Waals surface area contributed by atoms with E-state index in [1.165, 1.54) is 5.56 Å². The fraction of sp³-hybridized carbons (Fsp3) is 0.438. The van der Waals surface area contributed by atoms with Crippen molar-refractivity contribution in [2.24, 2.45) is 0 Å². The molecule has 0 atom stereocenters. The average Bonchev–Trinajstić information content (AvgIpc) is 2.88. The first-order chi connectivity index (χ1) is 10.7. The first-order valence-electron chi connectivity index (χ1n) is 7.80. The highest BCUT2D eigenvalue weighted by Gasteiger charge is 2.10. The van der Waals surface area contributed by atoms with Crippen molar-refractivity contribution in [1.82, 2.24) is 20.2 Å². The molecule has 2 aromatic heterocycles. The van der Waals surface area contributed by atoms with Crippen molar-refractivity contribution in [3.8, 4) is 0 Å². The lowest BCUT2D eigenvalue weighted by Gasteiger charge is -2.14. The first kappa shape index (κ1) is 15.2. The number of quaternary nitrogens is 1. The fourth-order valence-electron chi connectivity index (χ4n) is 2.62. The highest BCUT2D eigenvalue weighted by atomic mass is 32.2. The van der Waals surface area contributed by atoms with E-state index in [0.29, 0.717) is 0 Å². The van der Waals surface area contributed by atoms with Gasteiger partial charge in [-0.25, -0.2) is 4.98 Å². The summed E-state index contributed by atoms with van der Waals surface area (Å²) in [5, 5.41) is 10.5. The predicted molar refractivity (Wildman–Crippen MR) is 91.6 cm³/mol. The van der Waals surface area contributed by atoms with Crippen molar-refractivity contribution < 1.29 is 4.90 Å². The topological polar surface area (TPSA) is 58.9 Å². The van der Waals surface area contributed by atoms with Crippen LogP contribution in [0.1, 0.15) is 19.4 Å². The minimum absolute atomic E-state index is 0.752. The Hall–Kier alpha value is -1.66. The molecule has 3 aromatic rings. The van der Waals surface area contributed by atoms with Crippen molar-refractivity contribution in [3.63, 3.8) is 0 Å². The molecule has 0 aliphatic heterocycles. The Morgan fingerprint density at radius 2 is 2.00 bits per heavy atom. The van der Waals surface area contributed by atoms with E-state index in [0.717, 1.165) is 52.6 Å². The van der Waals surface area contributed by atoms with E-state index in [1.54, 1.807) is 16.7 Å². The Bertz CT molecular complexity index is 779. The molecule has 0 radical (unpaired) electrons. The normalized spacial score (nSPS) is 11.8. The molecule has 0 saturated carbocycles. The van der Waals surface area contributed by atoms with Crippen LogP contribution in [0, 0.1) is 6.92 Å². The summed E-state index contributed by atoms with van der Waals surface area (Å²) < 4.78 is 0. The Kier molecular flexibility index (Phi) is 4.59. The van der Waals surface area contributed by atoms with Gasteiger partial charge in [-0.1, -0.05) is 23.4 Å². The summed E-state index contributed by atoms with van der Waals surface area (Å²) >= 11 is 1.68. The van der Waals surface area contributed by atoms with Crippen LogP contribution in [0.3, 0.4) is 0 Å². The molecule has 0 unspecified atom stereocenters. The number of thioether (sulfide) groups is 1. The number of benzene rings is 1. The van der Waals surface area contributed by atoms with E-state index in [9.17, 15) is 0 Å². The summed E-state index contributed by atoms with van der Waals surface area (Å²) in [6.45, 7) is 9.98. The molecule has 116 valence electrons. The third-order valence-corrected chi connectivity index (χ3v) is 4.88. The van der Waals surface area contributed by atoms with Crippen LogP contribution in [0.2, 0.25) is 0 Å². The van der Waals surface area contributed by atoms with E-state index in [1.807, 2.05) is 0 Å². The van der Waals surface area contributed by atoms with Crippen molar-refractivity contribution >= 4 is 33.8 Å². The van der Waals surface area contributed by atoms with Crippen molar-refractivity contribution in [2.75, 3.05) is 25.4 Å². The summed E-state index contributed by atoms with van der Waals surface area (Å²) in [6.07, 6.45) is 0. The number of nitrogens with one attached hydrogen (secondary N) is 2. The molecule has 0 bridgehead atoms. The monoisotopic (exact) mass is 316 g/mol. The number of fused-ring (bicyclic) bond motifs is 3. The summed E-state index contributed by atoms with van der Waals surface area (Å²) in [4.78, 5) is 9.55. The van der Waals surface area contributed by atoms with Crippen LogP contribution in [0.15, 0.2) is 23.4 Å². The maximum atomic E-state index is 4.62. The van der Waals surface area contributed by atoms with Gasteiger partial charge in [0.25, 0.3) is 0 Å². The van der Waals surface area contributed by atoms with Crippen molar-refractivity contribution in [3.05, 3.63) is 23.8 Å². The number of hydrogen-bond acceptors (Lipinski definition) is 4. The molecule has 6 heteroatoms. The Labute approximate surface area is 134 Å². The molecule has 0 aliphatic rings. The van der Waals surface area contributed by atoms with Crippen LogP contribution in [0.4, 0.5) is 0 Å². The van der Waals surface area contributed by atoms with Gasteiger partial charge in [0, 0.05) is 10.9 Å². The number of aryl methyl sites for hydroxylation is 1. The molecule has 0 spiro atoms. The second kappa shape index (κ2) is 6.62. The number of aromatic nitrogens is 4. The second-order valence-electron chi connectivity index (χ2n) is 5.52. The number of rotatable bonds is 6. The first-order valence-corrected chi connectivity index (χ1v) is 8.79. The summed E-state index contributed by atoms with van der Waals surface area (Å²) in [5.74, 6) is 1.02. The zero-order valence-corrected chi connectivity index (χ0v) is 14.1. The number of aromatic amines is 1. The van der Waals surface area contributed by atoms with Gasteiger partial charge in [0.2, 0.25) is 5.16 Å². The summed E-state index contributed by atoms with van der Waals surface area (Å²) in [7, 11) is 0. The molecular formula is C16H22N5S+. The van der Waals surface area contributed by atoms with Gasteiger partial charge >= 0.3 is 0 Å². The zero-order chi connectivity index (χ0) is 15.5. The van der Waals surface area contributed by atoms with Crippen molar-refractivity contribution in [2.45, 2.75) is 25.9 Å². The molecule has 0 aliphatic carbocycles. The molecule has 1 aromatic carbocycles. The second-order valence-corrected chi connectivity index (χ2v) is 6.58. The lowest BCUT2D eigenvalue weighted by atomic mass is 10.2. The third kappa shape index (κ3) is 3.08. The van der Waals surface area contributed by atoms with Crippen LogP contribution in [0.5, 0.6) is 0 Å². The van der Waals surface area contributed by atoms with Crippen molar-refractivity contribution in [1.29, 1.82) is 0 Å². The van der Waals surface area contributed by atoms with E-state index in [-0.39, 0.29) is 0 Å². The number of hydrogen-bond donors (Lipinski definition) is 2. The van der Waals surface area contributed by atoms with E-state index < -0.39 is 0 Å².